The molecule has 0 aliphatic rings. The maximum atomic E-state index is 12.3. The lowest BCUT2D eigenvalue weighted by atomic mass is 10.1. The summed E-state index contributed by atoms with van der Waals surface area (Å²) in [5, 5.41) is 5.21. The molecule has 0 saturated carbocycles. The number of hydrogen-bond donors (Lipinski definition) is 1. The van der Waals surface area contributed by atoms with Gasteiger partial charge >= 0.3 is 5.97 Å². The molecule has 0 radical (unpaired) electrons. The highest BCUT2D eigenvalue weighted by Crippen LogP contribution is 2.16. The highest BCUT2D eigenvalue weighted by atomic mass is 32.1. The van der Waals surface area contributed by atoms with Crippen molar-refractivity contribution in [3.05, 3.63) is 52.2 Å². The number of para-hydroxylation sites is 1. The first-order valence-electron chi connectivity index (χ1n) is 8.38. The topological polar surface area (TPSA) is 58.6 Å². The first-order chi connectivity index (χ1) is 12.1. The molecule has 0 bridgehead atoms. The van der Waals surface area contributed by atoms with Gasteiger partial charge in [-0.2, -0.15) is 0 Å². The number of likely N-dealkylation sites (N-methyl/N-ethyl adjacent to an activating group) is 1. The number of unbranched alkanes of at least 4 members (excludes halogenated alkanes) is 1. The molecule has 6 heteroatoms. The average molecular weight is 360 g/mol. The molecule has 0 atom stereocenters. The van der Waals surface area contributed by atoms with Crippen molar-refractivity contribution >= 4 is 28.9 Å². The van der Waals surface area contributed by atoms with E-state index in [0.717, 1.165) is 30.0 Å². The summed E-state index contributed by atoms with van der Waals surface area (Å²) in [6.07, 6.45) is 2.10. The molecule has 2 rings (SSSR count). The van der Waals surface area contributed by atoms with Crippen molar-refractivity contribution in [3.63, 3.8) is 0 Å². The van der Waals surface area contributed by atoms with Crippen LogP contribution in [0.1, 0.15) is 35.0 Å². The molecule has 25 heavy (non-hydrogen) atoms. The van der Waals surface area contributed by atoms with E-state index in [1.807, 2.05) is 29.6 Å². The smallest absolute Gasteiger partial charge is 0.340 e. The molecule has 1 aromatic carbocycles. The Morgan fingerprint density at radius 2 is 2.00 bits per heavy atom. The number of anilines is 1. The van der Waals surface area contributed by atoms with Crippen LogP contribution in [0.25, 0.3) is 0 Å². The third-order valence-electron chi connectivity index (χ3n) is 3.72. The zero-order valence-corrected chi connectivity index (χ0v) is 15.5. The molecular formula is C19H24N2O3S. The molecule has 0 unspecified atom stereocenters. The monoisotopic (exact) mass is 360 g/mol. The maximum Gasteiger partial charge on any atom is 0.340 e. The lowest BCUT2D eigenvalue weighted by Crippen LogP contribution is -2.30. The molecule has 1 amide bonds. The van der Waals surface area contributed by atoms with Crippen LogP contribution >= 0.6 is 11.3 Å². The van der Waals surface area contributed by atoms with Crippen LogP contribution < -0.4 is 5.32 Å². The third-order valence-corrected chi connectivity index (χ3v) is 4.58. The first kappa shape index (κ1) is 19.0. The molecular weight excluding hydrogens is 336 g/mol. The molecule has 5 nitrogen and oxygen atoms in total. The van der Waals surface area contributed by atoms with Crippen LogP contribution in [0.4, 0.5) is 5.69 Å². The minimum absolute atomic E-state index is 0.224. The molecule has 2 aromatic rings. The number of benzene rings is 1. The Labute approximate surface area is 152 Å². The van der Waals surface area contributed by atoms with E-state index in [4.69, 9.17) is 4.74 Å². The third kappa shape index (κ3) is 5.90. The number of carbonyl (C=O) groups excluding carboxylic acids is 2. The summed E-state index contributed by atoms with van der Waals surface area (Å²) >= 11 is 1.59. The quantitative estimate of drug-likeness (QED) is 0.546. The van der Waals surface area contributed by atoms with Crippen LogP contribution in [0.15, 0.2) is 41.8 Å². The van der Waals surface area contributed by atoms with Crippen molar-refractivity contribution in [1.82, 2.24) is 4.90 Å². The van der Waals surface area contributed by atoms with E-state index in [1.54, 1.807) is 35.4 Å². The van der Waals surface area contributed by atoms with Gasteiger partial charge in [0.1, 0.15) is 0 Å². The number of nitrogens with zero attached hydrogens (tertiary/aromatic N) is 1. The van der Waals surface area contributed by atoms with E-state index in [-0.39, 0.29) is 12.5 Å². The zero-order chi connectivity index (χ0) is 18.1. The number of amides is 1. The summed E-state index contributed by atoms with van der Waals surface area (Å²) in [6, 6.07) is 11.1. The fraction of sp³-hybridized carbons (Fsp3) is 0.368. The van der Waals surface area contributed by atoms with Crippen LogP contribution in [0.5, 0.6) is 0 Å². The number of esters is 1. The Morgan fingerprint density at radius 3 is 2.72 bits per heavy atom. The summed E-state index contributed by atoms with van der Waals surface area (Å²) in [5.74, 6) is -0.712. The van der Waals surface area contributed by atoms with Crippen LogP contribution in [-0.2, 0) is 16.1 Å². The highest BCUT2D eigenvalue weighted by Gasteiger charge is 2.16. The zero-order valence-electron chi connectivity index (χ0n) is 14.7. The standard InChI is InChI=1S/C19H24N2O3S/c1-3-4-11-20-17-10-6-5-9-16(17)19(23)24-14-18(22)21(2)13-15-8-7-12-25-15/h5-10,12,20H,3-4,11,13-14H2,1-2H3. The molecule has 134 valence electrons. The number of thiophene rings is 1. The fourth-order valence-corrected chi connectivity index (χ4v) is 3.01. The largest absolute Gasteiger partial charge is 0.452 e. The second-order valence-corrected chi connectivity index (χ2v) is 6.76. The number of hydrogen-bond acceptors (Lipinski definition) is 5. The van der Waals surface area contributed by atoms with E-state index >= 15 is 0 Å². The van der Waals surface area contributed by atoms with Crippen molar-refractivity contribution in [3.8, 4) is 0 Å². The van der Waals surface area contributed by atoms with Crippen molar-refractivity contribution in [2.75, 3.05) is 25.5 Å². The lowest BCUT2D eigenvalue weighted by Gasteiger charge is -2.16. The fourth-order valence-electron chi connectivity index (χ4n) is 2.25. The van der Waals surface area contributed by atoms with E-state index in [9.17, 15) is 9.59 Å². The van der Waals surface area contributed by atoms with Gasteiger partial charge in [-0.25, -0.2) is 4.79 Å². The number of rotatable bonds is 9. The van der Waals surface area contributed by atoms with Crippen molar-refractivity contribution in [2.24, 2.45) is 0 Å². The molecule has 1 heterocycles. The first-order valence-corrected chi connectivity index (χ1v) is 9.26. The molecule has 0 spiro atoms. The summed E-state index contributed by atoms with van der Waals surface area (Å²) < 4.78 is 5.21. The van der Waals surface area contributed by atoms with E-state index in [0.29, 0.717) is 12.1 Å². The van der Waals surface area contributed by atoms with Crippen LogP contribution in [0.3, 0.4) is 0 Å². The Kier molecular flexibility index (Phi) is 7.47. The van der Waals surface area contributed by atoms with Gasteiger partial charge in [0.25, 0.3) is 5.91 Å². The summed E-state index contributed by atoms with van der Waals surface area (Å²) in [5.41, 5.74) is 1.19. The SMILES string of the molecule is CCCCNc1ccccc1C(=O)OCC(=O)N(C)Cc1cccs1. The Bertz CT molecular complexity index is 686. The normalized spacial score (nSPS) is 10.3. The molecule has 0 saturated heterocycles. The molecule has 1 aromatic heterocycles. The van der Waals surface area contributed by atoms with Gasteiger partial charge in [0.15, 0.2) is 6.61 Å². The molecule has 1 N–H and O–H groups in total. The summed E-state index contributed by atoms with van der Waals surface area (Å²) in [7, 11) is 1.70. The van der Waals surface area contributed by atoms with Gasteiger partial charge in [-0.15, -0.1) is 11.3 Å². The molecule has 0 aliphatic heterocycles. The molecule has 0 fully saturated rings. The van der Waals surface area contributed by atoms with Gasteiger partial charge in [-0.05, 0) is 30.0 Å². The van der Waals surface area contributed by atoms with Crippen molar-refractivity contribution < 1.29 is 14.3 Å². The Balaban J connectivity index is 1.88. The van der Waals surface area contributed by atoms with E-state index in [1.165, 1.54) is 0 Å². The van der Waals surface area contributed by atoms with Gasteiger partial charge in [-0.3, -0.25) is 4.79 Å². The van der Waals surface area contributed by atoms with Crippen molar-refractivity contribution in [1.29, 1.82) is 0 Å². The predicted octanol–water partition coefficient (Wildman–Crippen LogP) is 3.78. The average Bonchev–Trinajstić information content (AvgIpc) is 3.13. The Morgan fingerprint density at radius 1 is 1.20 bits per heavy atom. The van der Waals surface area contributed by atoms with Crippen LogP contribution in [0, 0.1) is 0 Å². The van der Waals surface area contributed by atoms with E-state index in [2.05, 4.69) is 12.2 Å². The minimum atomic E-state index is -0.488. The van der Waals surface area contributed by atoms with E-state index < -0.39 is 5.97 Å². The van der Waals surface area contributed by atoms with Gasteiger partial charge in [0.05, 0.1) is 12.1 Å². The number of carbonyl (C=O) groups is 2. The second-order valence-electron chi connectivity index (χ2n) is 5.73. The lowest BCUT2D eigenvalue weighted by molar-refractivity contribution is -0.133. The minimum Gasteiger partial charge on any atom is -0.452 e. The van der Waals surface area contributed by atoms with Crippen molar-refractivity contribution in [2.45, 2.75) is 26.3 Å². The van der Waals surface area contributed by atoms with Gasteiger partial charge in [-0.1, -0.05) is 31.5 Å². The van der Waals surface area contributed by atoms with Gasteiger partial charge in [0.2, 0.25) is 0 Å². The second kappa shape index (κ2) is 9.84. The van der Waals surface area contributed by atoms with Crippen LogP contribution in [-0.4, -0.2) is 37.0 Å². The molecule has 0 aliphatic carbocycles. The highest BCUT2D eigenvalue weighted by molar-refractivity contribution is 7.09. The van der Waals surface area contributed by atoms with Gasteiger partial charge < -0.3 is 15.0 Å². The Hall–Kier alpha value is -2.34. The maximum absolute atomic E-state index is 12.3. The summed E-state index contributed by atoms with van der Waals surface area (Å²) in [6.45, 7) is 3.16. The number of nitrogens with one attached hydrogen (secondary N) is 1. The summed E-state index contributed by atoms with van der Waals surface area (Å²) in [4.78, 5) is 27.1. The van der Waals surface area contributed by atoms with Crippen LogP contribution in [0.2, 0.25) is 0 Å². The number of ether oxygens (including phenoxy) is 1. The van der Waals surface area contributed by atoms with Gasteiger partial charge in [0, 0.05) is 24.2 Å². The predicted molar refractivity (Wildman–Crippen MR) is 101 cm³/mol.